The van der Waals surface area contributed by atoms with Crippen LogP contribution in [0.2, 0.25) is 0 Å². The lowest BCUT2D eigenvalue weighted by atomic mass is 10.1. The normalized spacial score (nSPS) is 10.3. The second-order valence-electron chi connectivity index (χ2n) is 6.39. The van der Waals surface area contributed by atoms with Crippen LogP contribution in [0.25, 0.3) is 0 Å². The lowest BCUT2D eigenvalue weighted by molar-refractivity contribution is 0.0897. The number of carbonyl (C=O) groups is 3. The lowest BCUT2D eigenvalue weighted by Gasteiger charge is -2.21. The van der Waals surface area contributed by atoms with E-state index in [-0.39, 0.29) is 0 Å². The van der Waals surface area contributed by atoms with Crippen LogP contribution < -0.4 is 4.90 Å². The number of hydrogen-bond donors (Lipinski definition) is 0. The van der Waals surface area contributed by atoms with Crippen LogP contribution in [0.1, 0.15) is 42.2 Å². The highest BCUT2D eigenvalue weighted by atomic mass is 16.2. The van der Waals surface area contributed by atoms with Crippen LogP contribution >= 0.6 is 0 Å². The number of aryl methyl sites for hydroxylation is 2. The van der Waals surface area contributed by atoms with Gasteiger partial charge in [-0.2, -0.15) is 0 Å². The summed E-state index contributed by atoms with van der Waals surface area (Å²) >= 11 is 0. The Morgan fingerprint density at radius 3 is 1.44 bits per heavy atom. The fourth-order valence-corrected chi connectivity index (χ4v) is 2.68. The Labute approximate surface area is 158 Å². The van der Waals surface area contributed by atoms with E-state index in [0.29, 0.717) is 22.4 Å². The molecule has 0 aromatic heterocycles. The second kappa shape index (κ2) is 7.79. The Hall–Kier alpha value is -3.53. The van der Waals surface area contributed by atoms with Crippen molar-refractivity contribution in [2.75, 3.05) is 4.90 Å². The van der Waals surface area contributed by atoms with Crippen molar-refractivity contribution in [1.29, 1.82) is 0 Å². The van der Waals surface area contributed by atoms with E-state index in [1.165, 1.54) is 0 Å². The average molecular weight is 357 g/mol. The van der Waals surface area contributed by atoms with Gasteiger partial charge in [-0.3, -0.25) is 14.4 Å². The van der Waals surface area contributed by atoms with Gasteiger partial charge < -0.3 is 0 Å². The van der Waals surface area contributed by atoms with Crippen LogP contribution in [0.4, 0.5) is 5.69 Å². The minimum absolute atomic E-state index is 0.414. The Morgan fingerprint density at radius 2 is 1.07 bits per heavy atom. The summed E-state index contributed by atoms with van der Waals surface area (Å²) in [6.07, 6.45) is 0.720. The van der Waals surface area contributed by atoms with Crippen molar-refractivity contribution in [3.8, 4) is 0 Å². The maximum absolute atomic E-state index is 13.1. The number of amides is 2. The molecule has 0 saturated heterocycles. The molecule has 0 saturated carbocycles. The third-order valence-corrected chi connectivity index (χ3v) is 4.29. The van der Waals surface area contributed by atoms with Crippen LogP contribution in [0.5, 0.6) is 0 Å². The van der Waals surface area contributed by atoms with E-state index in [4.69, 9.17) is 0 Å². The molecule has 4 nitrogen and oxygen atoms in total. The fourth-order valence-electron chi connectivity index (χ4n) is 2.68. The number of nitrogens with zero attached hydrogens (tertiary/aromatic N) is 1. The van der Waals surface area contributed by atoms with Gasteiger partial charge in [0.1, 0.15) is 6.29 Å². The topological polar surface area (TPSA) is 54.5 Å². The van der Waals surface area contributed by atoms with Gasteiger partial charge in [-0.15, -0.1) is 0 Å². The monoisotopic (exact) mass is 357 g/mol. The second-order valence-corrected chi connectivity index (χ2v) is 6.39. The third kappa shape index (κ3) is 4.01. The third-order valence-electron chi connectivity index (χ3n) is 4.29. The Kier molecular flexibility index (Phi) is 5.27. The van der Waals surface area contributed by atoms with Crippen molar-refractivity contribution in [3.63, 3.8) is 0 Å². The molecule has 3 aromatic carbocycles. The van der Waals surface area contributed by atoms with Gasteiger partial charge in [-0.1, -0.05) is 35.4 Å². The molecule has 0 atom stereocenters. The van der Waals surface area contributed by atoms with E-state index in [1.807, 2.05) is 38.1 Å². The van der Waals surface area contributed by atoms with Gasteiger partial charge in [0.05, 0.1) is 5.69 Å². The number of aldehydes is 1. The highest BCUT2D eigenvalue weighted by Gasteiger charge is 2.26. The smallest absolute Gasteiger partial charge is 0.265 e. The predicted octanol–water partition coefficient (Wildman–Crippen LogP) is 4.60. The average Bonchev–Trinajstić information content (AvgIpc) is 2.69. The first-order valence-electron chi connectivity index (χ1n) is 8.57. The summed E-state index contributed by atoms with van der Waals surface area (Å²) in [5.74, 6) is -0.834. The van der Waals surface area contributed by atoms with Crippen molar-refractivity contribution in [3.05, 3.63) is 101 Å². The number of rotatable bonds is 4. The fraction of sp³-hybridized carbons (Fsp3) is 0.0870. The van der Waals surface area contributed by atoms with E-state index in [2.05, 4.69) is 0 Å². The molecule has 27 heavy (non-hydrogen) atoms. The van der Waals surface area contributed by atoms with E-state index >= 15 is 0 Å². The van der Waals surface area contributed by atoms with E-state index in [9.17, 15) is 14.4 Å². The zero-order valence-electron chi connectivity index (χ0n) is 15.2. The summed E-state index contributed by atoms with van der Waals surface area (Å²) in [6, 6.07) is 20.5. The minimum atomic E-state index is -0.417. The van der Waals surface area contributed by atoms with Crippen molar-refractivity contribution >= 4 is 23.8 Å². The van der Waals surface area contributed by atoms with Crippen molar-refractivity contribution in [2.24, 2.45) is 0 Å². The molecule has 0 radical (unpaired) electrons. The SMILES string of the molecule is Cc1ccc(C(=O)N(C(=O)c2ccc(C)cc2)c2ccc(C=O)cc2)cc1. The molecule has 0 aliphatic rings. The van der Waals surface area contributed by atoms with E-state index < -0.39 is 11.8 Å². The van der Waals surface area contributed by atoms with Gasteiger partial charge in [0.25, 0.3) is 11.8 Å². The Morgan fingerprint density at radius 1 is 0.667 bits per heavy atom. The van der Waals surface area contributed by atoms with Gasteiger partial charge in [0, 0.05) is 16.7 Å². The number of carbonyl (C=O) groups excluding carboxylic acids is 3. The van der Waals surface area contributed by atoms with Crippen molar-refractivity contribution < 1.29 is 14.4 Å². The molecule has 134 valence electrons. The first kappa shape index (κ1) is 18.3. The zero-order valence-corrected chi connectivity index (χ0v) is 15.2. The standard InChI is InChI=1S/C23H19NO3/c1-16-3-9-19(10-4-16)22(26)24(21-13-7-18(15-25)8-14-21)23(27)20-11-5-17(2)6-12-20/h3-15H,1-2H3. The molecule has 0 spiro atoms. The summed E-state index contributed by atoms with van der Waals surface area (Å²) in [4.78, 5) is 38.3. The van der Waals surface area contributed by atoms with Crippen LogP contribution in [0, 0.1) is 13.8 Å². The maximum Gasteiger partial charge on any atom is 0.265 e. The van der Waals surface area contributed by atoms with Gasteiger partial charge in [0.2, 0.25) is 0 Å². The molecular formula is C23H19NO3. The van der Waals surface area contributed by atoms with Crippen LogP contribution in [0.15, 0.2) is 72.8 Å². The molecular weight excluding hydrogens is 338 g/mol. The summed E-state index contributed by atoms with van der Waals surface area (Å²) in [6.45, 7) is 3.86. The summed E-state index contributed by atoms with van der Waals surface area (Å²) < 4.78 is 0. The molecule has 0 N–H and O–H groups in total. The van der Waals surface area contributed by atoms with Crippen molar-refractivity contribution in [2.45, 2.75) is 13.8 Å². The zero-order chi connectivity index (χ0) is 19.4. The molecule has 0 fully saturated rings. The van der Waals surface area contributed by atoms with E-state index in [1.54, 1.807) is 48.5 Å². The molecule has 4 heteroatoms. The molecule has 3 aromatic rings. The molecule has 2 amide bonds. The van der Waals surface area contributed by atoms with Gasteiger partial charge in [-0.05, 0) is 62.4 Å². The predicted molar refractivity (Wildman–Crippen MR) is 105 cm³/mol. The van der Waals surface area contributed by atoms with E-state index in [0.717, 1.165) is 22.3 Å². The number of imide groups is 1. The summed E-state index contributed by atoms with van der Waals surface area (Å²) in [7, 11) is 0. The number of anilines is 1. The molecule has 0 aliphatic carbocycles. The van der Waals surface area contributed by atoms with Crippen LogP contribution in [-0.4, -0.2) is 18.1 Å². The Bertz CT molecular complexity index is 914. The summed E-state index contributed by atoms with van der Waals surface area (Å²) in [5, 5.41) is 0. The maximum atomic E-state index is 13.1. The Balaban J connectivity index is 2.05. The van der Waals surface area contributed by atoms with Crippen molar-refractivity contribution in [1.82, 2.24) is 0 Å². The minimum Gasteiger partial charge on any atom is -0.298 e. The van der Waals surface area contributed by atoms with Gasteiger partial charge in [-0.25, -0.2) is 4.90 Å². The van der Waals surface area contributed by atoms with Gasteiger partial charge >= 0.3 is 0 Å². The quantitative estimate of drug-likeness (QED) is 0.506. The molecule has 0 aliphatic heterocycles. The number of benzene rings is 3. The highest BCUT2D eigenvalue weighted by molar-refractivity contribution is 6.25. The molecule has 0 unspecified atom stereocenters. The highest BCUT2D eigenvalue weighted by Crippen LogP contribution is 2.21. The first-order valence-corrected chi connectivity index (χ1v) is 8.57. The summed E-state index contributed by atoms with van der Waals surface area (Å²) in [5.41, 5.74) is 3.78. The molecule has 0 heterocycles. The van der Waals surface area contributed by atoms with Crippen LogP contribution in [-0.2, 0) is 0 Å². The first-order chi connectivity index (χ1) is 13.0. The van der Waals surface area contributed by atoms with Gasteiger partial charge in [0.15, 0.2) is 0 Å². The number of hydrogen-bond acceptors (Lipinski definition) is 3. The van der Waals surface area contributed by atoms with Crippen LogP contribution in [0.3, 0.4) is 0 Å². The largest absolute Gasteiger partial charge is 0.298 e. The molecule has 3 rings (SSSR count). The molecule has 0 bridgehead atoms. The lowest BCUT2D eigenvalue weighted by Crippen LogP contribution is -2.37.